The SMILES string of the molecule is CCOC(=O)C1=C(C)NC(C)C(C(=O)OCCCN(C(C)=O)c2ccc(OCC(O)CNC(C)C)cc2)([N+](=O)[O-])C1c1ccccc1. The second-order valence-corrected chi connectivity index (χ2v) is 11.7. The number of ether oxygens (including phenoxy) is 3. The second-order valence-electron chi connectivity index (χ2n) is 11.7. The molecule has 2 aromatic rings. The summed E-state index contributed by atoms with van der Waals surface area (Å²) in [5.41, 5.74) is -1.05. The molecule has 0 radical (unpaired) electrons. The molecule has 47 heavy (non-hydrogen) atoms. The van der Waals surface area contributed by atoms with E-state index in [2.05, 4.69) is 10.6 Å². The molecule has 0 aliphatic carbocycles. The van der Waals surface area contributed by atoms with Crippen molar-refractivity contribution in [2.75, 3.05) is 37.8 Å². The van der Waals surface area contributed by atoms with Crippen LogP contribution in [0.4, 0.5) is 5.69 Å². The van der Waals surface area contributed by atoms with Gasteiger partial charge in [-0.25, -0.2) is 9.59 Å². The van der Waals surface area contributed by atoms with Crippen LogP contribution in [0.2, 0.25) is 0 Å². The molecule has 0 saturated heterocycles. The first-order chi connectivity index (χ1) is 22.3. The summed E-state index contributed by atoms with van der Waals surface area (Å²) in [7, 11) is 0. The van der Waals surface area contributed by atoms with Crippen molar-refractivity contribution in [3.05, 3.63) is 81.5 Å². The van der Waals surface area contributed by atoms with Crippen molar-refractivity contribution in [3.63, 3.8) is 0 Å². The Morgan fingerprint density at radius 3 is 2.34 bits per heavy atom. The Hall–Kier alpha value is -4.49. The quantitative estimate of drug-likeness (QED) is 0.105. The maximum Gasteiger partial charge on any atom is 0.388 e. The Morgan fingerprint density at radius 2 is 1.77 bits per heavy atom. The molecule has 1 aliphatic rings. The van der Waals surface area contributed by atoms with E-state index in [4.69, 9.17) is 14.2 Å². The van der Waals surface area contributed by atoms with Crippen molar-refractivity contribution in [2.45, 2.75) is 77.6 Å². The first-order valence-electron chi connectivity index (χ1n) is 15.8. The molecule has 3 rings (SSSR count). The number of hydrogen-bond acceptors (Lipinski definition) is 11. The molecule has 0 saturated carbocycles. The van der Waals surface area contributed by atoms with Crippen molar-refractivity contribution in [1.29, 1.82) is 0 Å². The molecule has 0 fully saturated rings. The lowest BCUT2D eigenvalue weighted by molar-refractivity contribution is -0.563. The highest BCUT2D eigenvalue weighted by atomic mass is 16.6. The molecular weight excluding hydrogens is 608 g/mol. The van der Waals surface area contributed by atoms with Gasteiger partial charge in [0.1, 0.15) is 30.4 Å². The number of allylic oxidation sites excluding steroid dienone is 1. The zero-order valence-electron chi connectivity index (χ0n) is 27.9. The van der Waals surface area contributed by atoms with E-state index in [1.165, 1.54) is 18.7 Å². The number of anilines is 1. The van der Waals surface area contributed by atoms with Gasteiger partial charge in [0.05, 0.1) is 18.8 Å². The largest absolute Gasteiger partial charge is 0.491 e. The van der Waals surface area contributed by atoms with E-state index in [-0.39, 0.29) is 50.3 Å². The van der Waals surface area contributed by atoms with Crippen LogP contribution in [0.25, 0.3) is 0 Å². The first kappa shape index (κ1) is 37.0. The van der Waals surface area contributed by atoms with E-state index in [1.807, 2.05) is 13.8 Å². The van der Waals surface area contributed by atoms with Crippen LogP contribution in [0.1, 0.15) is 59.4 Å². The van der Waals surface area contributed by atoms with Gasteiger partial charge in [-0.2, -0.15) is 0 Å². The summed E-state index contributed by atoms with van der Waals surface area (Å²) in [6.07, 6.45) is -0.501. The third kappa shape index (κ3) is 8.86. The Balaban J connectivity index is 1.75. The fraction of sp³-hybridized carbons (Fsp3) is 0.500. The van der Waals surface area contributed by atoms with Gasteiger partial charge in [-0.1, -0.05) is 44.2 Å². The highest BCUT2D eigenvalue weighted by Crippen LogP contribution is 2.45. The van der Waals surface area contributed by atoms with Gasteiger partial charge < -0.3 is 34.9 Å². The third-order valence-corrected chi connectivity index (χ3v) is 7.98. The monoisotopic (exact) mass is 654 g/mol. The van der Waals surface area contributed by atoms with E-state index >= 15 is 0 Å². The molecule has 4 atom stereocenters. The number of benzene rings is 2. The van der Waals surface area contributed by atoms with Crippen LogP contribution >= 0.6 is 0 Å². The number of nitrogens with zero attached hydrogens (tertiary/aromatic N) is 2. The van der Waals surface area contributed by atoms with Crippen molar-refractivity contribution in [3.8, 4) is 5.75 Å². The summed E-state index contributed by atoms with van der Waals surface area (Å²) in [4.78, 5) is 53.3. The maximum absolute atomic E-state index is 13.9. The van der Waals surface area contributed by atoms with Crippen LogP contribution < -0.4 is 20.3 Å². The number of nitro groups is 1. The maximum atomic E-state index is 13.9. The molecule has 0 spiro atoms. The summed E-state index contributed by atoms with van der Waals surface area (Å²) in [6.45, 7) is 10.6. The molecule has 4 unspecified atom stereocenters. The summed E-state index contributed by atoms with van der Waals surface area (Å²) >= 11 is 0. The number of amides is 1. The molecule has 1 heterocycles. The minimum Gasteiger partial charge on any atom is -0.491 e. The normalized spacial score (nSPS) is 19.8. The van der Waals surface area contributed by atoms with Crippen LogP contribution in [0.3, 0.4) is 0 Å². The molecule has 13 nitrogen and oxygen atoms in total. The number of nitrogens with one attached hydrogen (secondary N) is 2. The topological polar surface area (TPSA) is 170 Å². The number of aliphatic hydroxyl groups excluding tert-OH is 1. The second kappa shape index (κ2) is 16.9. The Kier molecular flexibility index (Phi) is 13.3. The van der Waals surface area contributed by atoms with Crippen LogP contribution in [-0.4, -0.2) is 84.5 Å². The summed E-state index contributed by atoms with van der Waals surface area (Å²) in [5.74, 6) is -2.88. The molecule has 1 aliphatic heterocycles. The molecule has 256 valence electrons. The van der Waals surface area contributed by atoms with Crippen molar-refractivity contribution >= 4 is 23.5 Å². The van der Waals surface area contributed by atoms with Gasteiger partial charge in [0, 0.05) is 42.4 Å². The molecule has 1 amide bonds. The molecule has 2 aromatic carbocycles. The predicted octanol–water partition coefficient (Wildman–Crippen LogP) is 3.34. The van der Waals surface area contributed by atoms with Gasteiger partial charge in [0.2, 0.25) is 5.91 Å². The smallest absolute Gasteiger partial charge is 0.388 e. The van der Waals surface area contributed by atoms with Gasteiger partial charge in [-0.3, -0.25) is 14.9 Å². The number of aliphatic hydroxyl groups is 1. The Morgan fingerprint density at radius 1 is 1.11 bits per heavy atom. The Bertz CT molecular complexity index is 1410. The number of hydrogen-bond donors (Lipinski definition) is 3. The van der Waals surface area contributed by atoms with Gasteiger partial charge in [0.25, 0.3) is 0 Å². The average Bonchev–Trinajstić information content (AvgIpc) is 3.02. The molecule has 0 bridgehead atoms. The fourth-order valence-corrected chi connectivity index (χ4v) is 5.69. The fourth-order valence-electron chi connectivity index (χ4n) is 5.69. The lowest BCUT2D eigenvalue weighted by Crippen LogP contribution is -2.66. The summed E-state index contributed by atoms with van der Waals surface area (Å²) in [5, 5.41) is 29.1. The Labute approximate surface area is 275 Å². The lowest BCUT2D eigenvalue weighted by Gasteiger charge is -2.41. The minimum atomic E-state index is -2.39. The molecule has 13 heteroatoms. The van der Waals surface area contributed by atoms with Crippen LogP contribution in [0.5, 0.6) is 5.75 Å². The van der Waals surface area contributed by atoms with Crippen molar-refractivity contribution in [1.82, 2.24) is 10.6 Å². The van der Waals surface area contributed by atoms with Crippen molar-refractivity contribution < 1.29 is 38.6 Å². The number of carbonyl (C=O) groups is 3. The summed E-state index contributed by atoms with van der Waals surface area (Å²) in [6, 6.07) is 14.3. The summed E-state index contributed by atoms with van der Waals surface area (Å²) < 4.78 is 16.5. The lowest BCUT2D eigenvalue weighted by atomic mass is 9.68. The van der Waals surface area contributed by atoms with Crippen LogP contribution in [0, 0.1) is 10.1 Å². The number of esters is 2. The van der Waals surface area contributed by atoms with E-state index in [1.54, 1.807) is 68.4 Å². The zero-order valence-corrected chi connectivity index (χ0v) is 27.9. The van der Waals surface area contributed by atoms with Crippen LogP contribution in [-0.2, 0) is 23.9 Å². The first-order valence-corrected chi connectivity index (χ1v) is 15.8. The van der Waals surface area contributed by atoms with E-state index in [0.717, 1.165) is 0 Å². The third-order valence-electron chi connectivity index (χ3n) is 7.98. The van der Waals surface area contributed by atoms with Gasteiger partial charge in [0.15, 0.2) is 0 Å². The molecule has 3 N–H and O–H groups in total. The number of rotatable bonds is 16. The van der Waals surface area contributed by atoms with Gasteiger partial charge in [-0.15, -0.1) is 0 Å². The average molecular weight is 655 g/mol. The zero-order chi connectivity index (χ0) is 34.7. The van der Waals surface area contributed by atoms with Crippen molar-refractivity contribution in [2.24, 2.45) is 0 Å². The number of carbonyl (C=O) groups excluding carboxylic acids is 3. The predicted molar refractivity (Wildman–Crippen MR) is 176 cm³/mol. The standard InChI is InChI=1S/C34H46N4O9/c1-7-45-32(41)30-23(4)36-24(5)34(38(43)44,31(30)26-12-9-8-10-13-26)33(42)46-19-11-18-37(25(6)39)27-14-16-29(17-15-27)47-21-28(40)20-35-22(2)3/h8-10,12-17,22,24,28,31,35-36,40H,7,11,18-21H2,1-6H3. The highest BCUT2D eigenvalue weighted by molar-refractivity contribution is 5.95. The van der Waals surface area contributed by atoms with E-state index < -0.39 is 40.5 Å². The van der Waals surface area contributed by atoms with Gasteiger partial charge >= 0.3 is 17.5 Å². The van der Waals surface area contributed by atoms with E-state index in [0.29, 0.717) is 29.2 Å². The van der Waals surface area contributed by atoms with E-state index in [9.17, 15) is 29.6 Å². The van der Waals surface area contributed by atoms with Gasteiger partial charge in [-0.05, 0) is 57.0 Å². The minimum absolute atomic E-state index is 0.0123. The molecule has 0 aromatic heterocycles. The molecular formula is C34H46N4O9. The van der Waals surface area contributed by atoms with Crippen LogP contribution in [0.15, 0.2) is 65.9 Å². The highest BCUT2D eigenvalue weighted by Gasteiger charge is 2.67.